The van der Waals surface area contributed by atoms with Crippen LogP contribution in [0.4, 0.5) is 8.78 Å². The number of aromatic nitrogens is 3. The van der Waals surface area contributed by atoms with Gasteiger partial charge in [0.25, 0.3) is 0 Å². The average Bonchev–Trinajstić information content (AvgIpc) is 3.70. The van der Waals surface area contributed by atoms with Gasteiger partial charge in [-0.2, -0.15) is 9.97 Å². The molecule has 0 N–H and O–H groups in total. The summed E-state index contributed by atoms with van der Waals surface area (Å²) in [4.78, 5) is 12.7. The Kier molecular flexibility index (Phi) is 6.67. The minimum absolute atomic E-state index is 0.158. The summed E-state index contributed by atoms with van der Waals surface area (Å²) in [5, 5.41) is -0.744. The fourth-order valence-corrected chi connectivity index (χ4v) is 6.41. The molecule has 0 atom stereocenters. The summed E-state index contributed by atoms with van der Waals surface area (Å²) in [6.45, 7) is 0. The van der Waals surface area contributed by atoms with Gasteiger partial charge in [-0.1, -0.05) is 36.4 Å². The Balaban J connectivity index is 1.52. The molecule has 0 aliphatic carbocycles. The molecule has 198 valence electrons. The monoisotopic (exact) mass is 557 g/mol. The molecular weight excluding hydrogens is 539 g/mol. The Labute approximate surface area is 226 Å². The summed E-state index contributed by atoms with van der Waals surface area (Å²) in [7, 11) is -4.25. The van der Waals surface area contributed by atoms with Crippen LogP contribution < -0.4 is 25.8 Å². The van der Waals surface area contributed by atoms with Crippen molar-refractivity contribution in [1.29, 1.82) is 0 Å². The third-order valence-corrected chi connectivity index (χ3v) is 8.54. The van der Waals surface area contributed by atoms with Crippen molar-refractivity contribution >= 4 is 23.4 Å². The molecule has 0 spiro atoms. The molecule has 0 amide bonds. The van der Waals surface area contributed by atoms with Crippen molar-refractivity contribution in [3.63, 3.8) is 0 Å². The Morgan fingerprint density at radius 3 is 1.62 bits per heavy atom. The van der Waals surface area contributed by atoms with Crippen LogP contribution in [0, 0.1) is 11.6 Å². The van der Waals surface area contributed by atoms with Crippen LogP contribution in [0.2, 0.25) is 0 Å². The highest BCUT2D eigenvalue weighted by molar-refractivity contribution is 7.84. The topological polar surface area (TPSA) is 100 Å². The zero-order valence-corrected chi connectivity index (χ0v) is 21.4. The SMILES string of the molecule is O=P(c1ccco1)(c1ccco1)c1c(F)ccc(-c2nc(Oc3ccccc3)nc(Oc3ccccc3)n2)c1F. The van der Waals surface area contributed by atoms with Gasteiger partial charge in [0.05, 0.1) is 23.4 Å². The van der Waals surface area contributed by atoms with Crippen LogP contribution in [0.1, 0.15) is 0 Å². The second kappa shape index (κ2) is 10.6. The number of nitrogens with zero attached hydrogens (tertiary/aromatic N) is 3. The molecule has 0 bridgehead atoms. The third-order valence-electron chi connectivity index (χ3n) is 5.75. The van der Waals surface area contributed by atoms with Gasteiger partial charge in [-0.25, -0.2) is 8.78 Å². The average molecular weight is 557 g/mol. The molecule has 0 unspecified atom stereocenters. The van der Waals surface area contributed by atoms with E-state index >= 15 is 8.78 Å². The van der Waals surface area contributed by atoms with Gasteiger partial charge in [0.15, 0.2) is 16.8 Å². The summed E-state index contributed by atoms with van der Waals surface area (Å²) in [5.41, 5.74) is -0.587. The van der Waals surface area contributed by atoms with Crippen molar-refractivity contribution in [1.82, 2.24) is 15.0 Å². The molecule has 3 aromatic carbocycles. The number of hydrogen-bond acceptors (Lipinski definition) is 8. The van der Waals surface area contributed by atoms with Crippen molar-refractivity contribution < 1.29 is 31.7 Å². The van der Waals surface area contributed by atoms with E-state index in [9.17, 15) is 4.57 Å². The lowest BCUT2D eigenvalue weighted by Gasteiger charge is -2.17. The molecule has 11 heteroatoms. The minimum atomic E-state index is -4.25. The first-order valence-corrected chi connectivity index (χ1v) is 13.6. The van der Waals surface area contributed by atoms with Gasteiger partial charge in [0, 0.05) is 0 Å². The zero-order chi connectivity index (χ0) is 27.5. The Hall–Kier alpha value is -5.08. The predicted molar refractivity (Wildman–Crippen MR) is 142 cm³/mol. The van der Waals surface area contributed by atoms with E-state index in [0.29, 0.717) is 11.5 Å². The van der Waals surface area contributed by atoms with Gasteiger partial charge >= 0.3 is 12.0 Å². The fourth-order valence-electron chi connectivity index (χ4n) is 3.97. The number of furan rings is 2. The lowest BCUT2D eigenvalue weighted by atomic mass is 10.2. The number of benzene rings is 3. The smallest absolute Gasteiger partial charge is 0.328 e. The highest BCUT2D eigenvalue weighted by Crippen LogP contribution is 2.45. The maximum Gasteiger partial charge on any atom is 0.328 e. The maximum atomic E-state index is 16.3. The Bertz CT molecular complexity index is 1700. The van der Waals surface area contributed by atoms with E-state index in [1.165, 1.54) is 36.8 Å². The fraction of sp³-hybridized carbons (Fsp3) is 0. The quantitative estimate of drug-likeness (QED) is 0.203. The summed E-state index contributed by atoms with van der Waals surface area (Å²) in [6, 6.07) is 24.8. The van der Waals surface area contributed by atoms with Gasteiger partial charge in [-0.05, 0) is 60.7 Å². The van der Waals surface area contributed by atoms with E-state index in [4.69, 9.17) is 18.3 Å². The predicted octanol–water partition coefficient (Wildman–Crippen LogP) is 6.23. The molecule has 40 heavy (non-hydrogen) atoms. The number of rotatable bonds is 8. The van der Waals surface area contributed by atoms with Crippen molar-refractivity contribution in [3.05, 3.63) is 121 Å². The molecular formula is C29H18F2N3O5P. The number of para-hydroxylation sites is 2. The molecule has 6 rings (SSSR count). The van der Waals surface area contributed by atoms with Gasteiger partial charge in [0.2, 0.25) is 7.14 Å². The van der Waals surface area contributed by atoms with E-state index < -0.39 is 24.1 Å². The van der Waals surface area contributed by atoms with Crippen LogP contribution in [0.3, 0.4) is 0 Å². The molecule has 3 aromatic heterocycles. The summed E-state index contributed by atoms with van der Waals surface area (Å²) in [6.07, 6.45) is 2.52. The Morgan fingerprint density at radius 2 is 1.15 bits per heavy atom. The third kappa shape index (κ3) is 4.76. The number of halogens is 2. The van der Waals surface area contributed by atoms with Crippen molar-refractivity contribution in [3.8, 4) is 34.9 Å². The lowest BCUT2D eigenvalue weighted by Crippen LogP contribution is -2.28. The summed E-state index contributed by atoms with van der Waals surface area (Å²) >= 11 is 0. The molecule has 6 aromatic rings. The molecule has 0 saturated heterocycles. The second-order valence-corrected chi connectivity index (χ2v) is 10.9. The molecule has 0 aliphatic heterocycles. The largest absolute Gasteiger partial charge is 0.461 e. The second-order valence-electron chi connectivity index (χ2n) is 8.32. The van der Waals surface area contributed by atoms with Crippen LogP contribution in [-0.2, 0) is 4.57 Å². The van der Waals surface area contributed by atoms with E-state index in [-0.39, 0.29) is 34.4 Å². The van der Waals surface area contributed by atoms with E-state index in [1.54, 1.807) is 60.7 Å². The highest BCUT2D eigenvalue weighted by atomic mass is 31.2. The highest BCUT2D eigenvalue weighted by Gasteiger charge is 2.41. The zero-order valence-electron chi connectivity index (χ0n) is 20.5. The molecule has 0 fully saturated rings. The van der Waals surface area contributed by atoms with Crippen LogP contribution in [-0.4, -0.2) is 15.0 Å². The summed E-state index contributed by atoms with van der Waals surface area (Å²) < 4.78 is 68.4. The maximum absolute atomic E-state index is 16.3. The molecule has 0 saturated carbocycles. The van der Waals surface area contributed by atoms with E-state index in [2.05, 4.69) is 15.0 Å². The van der Waals surface area contributed by atoms with E-state index in [0.717, 1.165) is 12.1 Å². The first kappa shape index (κ1) is 25.2. The number of ether oxygens (including phenoxy) is 2. The molecule has 3 heterocycles. The van der Waals surface area contributed by atoms with Gasteiger partial charge in [-0.3, -0.25) is 0 Å². The lowest BCUT2D eigenvalue weighted by molar-refractivity contribution is 0.398. The molecule has 0 aliphatic rings. The minimum Gasteiger partial charge on any atom is -0.461 e. The summed E-state index contributed by atoms with van der Waals surface area (Å²) in [5.74, 6) is -1.65. The molecule has 8 nitrogen and oxygen atoms in total. The van der Waals surface area contributed by atoms with Crippen LogP contribution in [0.5, 0.6) is 23.5 Å². The van der Waals surface area contributed by atoms with Crippen LogP contribution in [0.25, 0.3) is 11.4 Å². The van der Waals surface area contributed by atoms with Crippen molar-refractivity contribution in [2.45, 2.75) is 0 Å². The Morgan fingerprint density at radius 1 is 0.625 bits per heavy atom. The van der Waals surface area contributed by atoms with Gasteiger partial charge < -0.3 is 22.9 Å². The van der Waals surface area contributed by atoms with Crippen molar-refractivity contribution in [2.24, 2.45) is 0 Å². The number of hydrogen-bond donors (Lipinski definition) is 0. The standard InChI is InChI=1S/C29H18F2N3O5P/c30-22-16-15-21(25(31)26(22)40(35,23-13-7-17-36-23)24-14-8-18-37-24)27-32-28(38-19-9-3-1-4-10-19)34-29(33-27)39-20-11-5-2-6-12-20/h1-18H. The van der Waals surface area contributed by atoms with E-state index in [1.807, 2.05) is 0 Å². The van der Waals surface area contributed by atoms with Gasteiger partial charge in [0.1, 0.15) is 23.1 Å². The first-order chi connectivity index (χ1) is 19.5. The van der Waals surface area contributed by atoms with Gasteiger partial charge in [-0.15, -0.1) is 4.98 Å². The van der Waals surface area contributed by atoms with Crippen molar-refractivity contribution in [2.75, 3.05) is 0 Å². The first-order valence-electron chi connectivity index (χ1n) is 11.9. The normalized spacial score (nSPS) is 11.3. The van der Waals surface area contributed by atoms with Crippen LogP contribution >= 0.6 is 7.14 Å². The molecule has 0 radical (unpaired) electrons. The van der Waals surface area contributed by atoms with Crippen LogP contribution in [0.15, 0.2) is 118 Å².